The Bertz CT molecular complexity index is 614. The van der Waals surface area contributed by atoms with Crippen LogP contribution in [0.15, 0.2) is 34.9 Å². The normalized spacial score (nSPS) is 22.1. The minimum Gasteiger partial charge on any atom is -0.497 e. The zero-order chi connectivity index (χ0) is 15.5. The number of oxazole rings is 1. The van der Waals surface area contributed by atoms with E-state index >= 15 is 0 Å². The molecule has 1 aliphatic rings. The number of benzene rings is 1. The first-order chi connectivity index (χ1) is 10.7. The molecule has 118 valence electrons. The van der Waals surface area contributed by atoms with Gasteiger partial charge in [-0.2, -0.15) is 0 Å². The molecule has 3 rings (SSSR count). The highest BCUT2D eigenvalue weighted by molar-refractivity contribution is 5.57. The summed E-state index contributed by atoms with van der Waals surface area (Å²) >= 11 is 0. The van der Waals surface area contributed by atoms with Crippen molar-refractivity contribution in [1.29, 1.82) is 0 Å². The van der Waals surface area contributed by atoms with Crippen LogP contribution in [0.5, 0.6) is 5.75 Å². The van der Waals surface area contributed by atoms with Crippen molar-refractivity contribution in [2.24, 2.45) is 0 Å². The second-order valence-corrected chi connectivity index (χ2v) is 5.45. The second kappa shape index (κ2) is 6.46. The SMILES string of the molecule is COc1ccc(-c2cnc(CN3C[C@@H](F)C[C@H]3CO)o2)cc1. The first-order valence-corrected chi connectivity index (χ1v) is 7.27. The van der Waals surface area contributed by atoms with Crippen LogP contribution >= 0.6 is 0 Å². The highest BCUT2D eigenvalue weighted by Crippen LogP contribution is 2.26. The van der Waals surface area contributed by atoms with Crippen LogP contribution in [0, 0.1) is 0 Å². The number of rotatable bonds is 5. The van der Waals surface area contributed by atoms with Gasteiger partial charge in [0.1, 0.15) is 11.9 Å². The van der Waals surface area contributed by atoms with Gasteiger partial charge in [0.25, 0.3) is 0 Å². The molecule has 2 aromatic rings. The molecule has 1 fully saturated rings. The van der Waals surface area contributed by atoms with Gasteiger partial charge in [-0.1, -0.05) is 0 Å². The summed E-state index contributed by atoms with van der Waals surface area (Å²) in [6, 6.07) is 7.34. The number of nitrogens with zero attached hydrogens (tertiary/aromatic N) is 2. The molecule has 0 bridgehead atoms. The zero-order valence-electron chi connectivity index (χ0n) is 12.4. The molecule has 2 heterocycles. The summed E-state index contributed by atoms with van der Waals surface area (Å²) in [6.45, 7) is 0.666. The van der Waals surface area contributed by atoms with Crippen LogP contribution in [0.3, 0.4) is 0 Å². The molecule has 2 atom stereocenters. The van der Waals surface area contributed by atoms with Gasteiger partial charge in [0.05, 0.1) is 26.5 Å². The summed E-state index contributed by atoms with van der Waals surface area (Å²) in [7, 11) is 1.62. The standard InChI is InChI=1S/C16H19FN2O3/c1-21-14-4-2-11(3-5-14)15-7-18-16(22-15)9-19-8-12(17)6-13(19)10-20/h2-5,7,12-13,20H,6,8-10H2,1H3/t12-,13-/m0/s1. The quantitative estimate of drug-likeness (QED) is 0.918. The number of hydrogen-bond donors (Lipinski definition) is 1. The average Bonchev–Trinajstić information content (AvgIpc) is 3.14. The molecule has 0 spiro atoms. The topological polar surface area (TPSA) is 58.7 Å². The Morgan fingerprint density at radius 3 is 2.86 bits per heavy atom. The van der Waals surface area contributed by atoms with Gasteiger partial charge in [0.2, 0.25) is 5.89 Å². The lowest BCUT2D eigenvalue weighted by atomic mass is 10.2. The summed E-state index contributed by atoms with van der Waals surface area (Å²) in [5, 5.41) is 9.29. The Kier molecular flexibility index (Phi) is 4.40. The highest BCUT2D eigenvalue weighted by atomic mass is 19.1. The summed E-state index contributed by atoms with van der Waals surface area (Å²) in [5.41, 5.74) is 0.906. The predicted octanol–water partition coefficient (Wildman–Crippen LogP) is 2.25. The molecule has 1 saturated heterocycles. The number of aliphatic hydroxyl groups is 1. The Balaban J connectivity index is 1.70. The smallest absolute Gasteiger partial charge is 0.209 e. The van der Waals surface area contributed by atoms with Crippen LogP contribution < -0.4 is 4.74 Å². The van der Waals surface area contributed by atoms with Crippen LogP contribution in [0.2, 0.25) is 0 Å². The van der Waals surface area contributed by atoms with Crippen molar-refractivity contribution in [1.82, 2.24) is 9.88 Å². The molecular weight excluding hydrogens is 287 g/mol. The van der Waals surface area contributed by atoms with Gasteiger partial charge in [-0.15, -0.1) is 0 Å². The number of methoxy groups -OCH3 is 1. The van der Waals surface area contributed by atoms with Gasteiger partial charge in [0.15, 0.2) is 5.76 Å². The van der Waals surface area contributed by atoms with E-state index in [1.165, 1.54) is 0 Å². The molecule has 1 N–H and O–H groups in total. The van der Waals surface area contributed by atoms with E-state index in [1.54, 1.807) is 13.3 Å². The highest BCUT2D eigenvalue weighted by Gasteiger charge is 2.32. The Labute approximate surface area is 128 Å². The molecule has 0 saturated carbocycles. The van der Waals surface area contributed by atoms with Crippen molar-refractivity contribution in [3.8, 4) is 17.1 Å². The van der Waals surface area contributed by atoms with E-state index < -0.39 is 6.17 Å². The molecule has 1 aliphatic heterocycles. The van der Waals surface area contributed by atoms with Crippen LogP contribution in [0.4, 0.5) is 4.39 Å². The van der Waals surface area contributed by atoms with Crippen molar-refractivity contribution < 1.29 is 18.7 Å². The number of ether oxygens (including phenoxy) is 1. The van der Waals surface area contributed by atoms with E-state index in [0.717, 1.165) is 11.3 Å². The Morgan fingerprint density at radius 2 is 2.18 bits per heavy atom. The average molecular weight is 306 g/mol. The fourth-order valence-corrected chi connectivity index (χ4v) is 2.75. The third kappa shape index (κ3) is 3.13. The van der Waals surface area contributed by atoms with Crippen LogP contribution in [0.25, 0.3) is 11.3 Å². The van der Waals surface area contributed by atoms with E-state index in [9.17, 15) is 9.50 Å². The van der Waals surface area contributed by atoms with E-state index in [4.69, 9.17) is 9.15 Å². The van der Waals surface area contributed by atoms with Gasteiger partial charge in [-0.05, 0) is 30.7 Å². The van der Waals surface area contributed by atoms with Crippen LogP contribution in [-0.2, 0) is 6.54 Å². The van der Waals surface area contributed by atoms with Crippen LogP contribution in [-0.4, -0.2) is 47.5 Å². The first-order valence-electron chi connectivity index (χ1n) is 7.27. The number of likely N-dealkylation sites (tertiary alicyclic amines) is 1. The molecule has 1 aromatic heterocycles. The van der Waals surface area contributed by atoms with Crippen LogP contribution in [0.1, 0.15) is 12.3 Å². The Morgan fingerprint density at radius 1 is 1.41 bits per heavy atom. The van der Waals surface area contributed by atoms with E-state index in [0.29, 0.717) is 31.2 Å². The fraction of sp³-hybridized carbons (Fsp3) is 0.438. The molecule has 0 amide bonds. The van der Waals surface area contributed by atoms with Gasteiger partial charge in [-0.3, -0.25) is 4.90 Å². The molecule has 6 heteroatoms. The van der Waals surface area contributed by atoms with Crippen molar-refractivity contribution >= 4 is 0 Å². The third-order valence-corrected chi connectivity index (χ3v) is 3.95. The fourth-order valence-electron chi connectivity index (χ4n) is 2.75. The molecule has 0 radical (unpaired) electrons. The molecule has 0 aliphatic carbocycles. The monoisotopic (exact) mass is 306 g/mol. The lowest BCUT2D eigenvalue weighted by Gasteiger charge is -2.19. The molecule has 1 aromatic carbocycles. The molecule has 22 heavy (non-hydrogen) atoms. The summed E-state index contributed by atoms with van der Waals surface area (Å²) in [6.07, 6.45) is 1.13. The minimum atomic E-state index is -0.895. The third-order valence-electron chi connectivity index (χ3n) is 3.95. The van der Waals surface area contributed by atoms with Crippen molar-refractivity contribution in [2.75, 3.05) is 20.3 Å². The van der Waals surface area contributed by atoms with E-state index in [2.05, 4.69) is 4.98 Å². The first kappa shape index (κ1) is 15.0. The molecule has 5 nitrogen and oxygen atoms in total. The zero-order valence-corrected chi connectivity index (χ0v) is 12.4. The summed E-state index contributed by atoms with van der Waals surface area (Å²) in [5.74, 6) is 1.97. The lowest BCUT2D eigenvalue weighted by Crippen LogP contribution is -2.31. The largest absolute Gasteiger partial charge is 0.497 e. The van der Waals surface area contributed by atoms with Gasteiger partial charge in [0, 0.05) is 18.2 Å². The summed E-state index contributed by atoms with van der Waals surface area (Å²) < 4.78 is 24.3. The maximum Gasteiger partial charge on any atom is 0.209 e. The van der Waals surface area contributed by atoms with Gasteiger partial charge >= 0.3 is 0 Å². The minimum absolute atomic E-state index is 0.0491. The number of hydrogen-bond acceptors (Lipinski definition) is 5. The number of aromatic nitrogens is 1. The second-order valence-electron chi connectivity index (χ2n) is 5.45. The van der Waals surface area contributed by atoms with E-state index in [-0.39, 0.29) is 12.6 Å². The number of halogens is 1. The lowest BCUT2D eigenvalue weighted by molar-refractivity contribution is 0.144. The van der Waals surface area contributed by atoms with Crippen molar-refractivity contribution in [3.05, 3.63) is 36.4 Å². The maximum absolute atomic E-state index is 13.4. The van der Waals surface area contributed by atoms with Gasteiger partial charge in [-0.25, -0.2) is 9.37 Å². The van der Waals surface area contributed by atoms with E-state index in [1.807, 2.05) is 29.2 Å². The van der Waals surface area contributed by atoms with Crippen molar-refractivity contribution in [3.63, 3.8) is 0 Å². The predicted molar refractivity (Wildman–Crippen MR) is 79.3 cm³/mol. The number of aliphatic hydroxyl groups excluding tert-OH is 1. The maximum atomic E-state index is 13.4. The molecule has 0 unspecified atom stereocenters. The summed E-state index contributed by atoms with van der Waals surface area (Å²) in [4.78, 5) is 6.12. The van der Waals surface area contributed by atoms with Gasteiger partial charge < -0.3 is 14.3 Å². The number of alkyl halides is 1. The van der Waals surface area contributed by atoms with Crippen molar-refractivity contribution in [2.45, 2.75) is 25.2 Å². The Hall–Kier alpha value is -1.92. The molecular formula is C16H19FN2O3.